The second-order valence-corrected chi connectivity index (χ2v) is 6.07. The molecule has 1 aromatic heterocycles. The van der Waals surface area contributed by atoms with Gasteiger partial charge in [-0.05, 0) is 26.8 Å². The number of rotatable bonds is 2. The van der Waals surface area contributed by atoms with Gasteiger partial charge in [-0.3, -0.25) is 10.2 Å². The summed E-state index contributed by atoms with van der Waals surface area (Å²) in [5, 5.41) is 2.42. The molecule has 0 fully saturated rings. The molecule has 7 heteroatoms. The maximum atomic E-state index is 11.7. The standard InChI is InChI=1S/C11H15BrN2O3S/c1-11(2,3)17-10(16)14-13-9(15)7-4-8(5-12)18-6-7/h4,6H,5H2,1-3H3,(H,13,15)(H,14,16). The zero-order valence-electron chi connectivity index (χ0n) is 10.4. The van der Waals surface area contributed by atoms with Crippen LogP contribution in [0.2, 0.25) is 0 Å². The minimum atomic E-state index is -0.688. The molecule has 0 unspecified atom stereocenters. The van der Waals surface area contributed by atoms with Gasteiger partial charge in [0, 0.05) is 15.6 Å². The molecule has 0 saturated heterocycles. The van der Waals surface area contributed by atoms with Crippen molar-refractivity contribution in [3.63, 3.8) is 0 Å². The second kappa shape index (κ2) is 6.19. The van der Waals surface area contributed by atoms with Gasteiger partial charge in [0.1, 0.15) is 5.60 Å². The Labute approximate surface area is 118 Å². The fourth-order valence-electron chi connectivity index (χ4n) is 1.05. The molecule has 1 heterocycles. The first-order valence-electron chi connectivity index (χ1n) is 5.24. The van der Waals surface area contributed by atoms with Crippen LogP contribution in [0.25, 0.3) is 0 Å². The van der Waals surface area contributed by atoms with Crippen LogP contribution in [0, 0.1) is 0 Å². The smallest absolute Gasteiger partial charge is 0.426 e. The van der Waals surface area contributed by atoms with E-state index in [9.17, 15) is 9.59 Å². The van der Waals surface area contributed by atoms with Crippen LogP contribution in [0.3, 0.4) is 0 Å². The van der Waals surface area contributed by atoms with E-state index in [1.165, 1.54) is 11.3 Å². The summed E-state index contributed by atoms with van der Waals surface area (Å²) in [5.41, 5.74) is 4.39. The van der Waals surface area contributed by atoms with Crippen LogP contribution in [0.5, 0.6) is 0 Å². The molecule has 18 heavy (non-hydrogen) atoms. The molecule has 1 aromatic rings. The van der Waals surface area contributed by atoms with Crippen LogP contribution in [-0.2, 0) is 10.1 Å². The summed E-state index contributed by atoms with van der Waals surface area (Å²) in [6.07, 6.45) is -0.688. The van der Waals surface area contributed by atoms with Gasteiger partial charge >= 0.3 is 6.09 Å². The third kappa shape index (κ3) is 5.05. The maximum absolute atomic E-state index is 11.7. The Bertz CT molecular complexity index is 440. The molecule has 0 atom stereocenters. The van der Waals surface area contributed by atoms with Gasteiger partial charge in [0.05, 0.1) is 5.56 Å². The van der Waals surface area contributed by atoms with Crippen molar-refractivity contribution in [2.24, 2.45) is 0 Å². The quantitative estimate of drug-likeness (QED) is 0.645. The second-order valence-electron chi connectivity index (χ2n) is 4.52. The summed E-state index contributed by atoms with van der Waals surface area (Å²) in [6, 6.07) is 1.76. The lowest BCUT2D eigenvalue weighted by Gasteiger charge is -2.19. The monoisotopic (exact) mass is 334 g/mol. The molecule has 5 nitrogen and oxygen atoms in total. The Balaban J connectivity index is 2.44. The lowest BCUT2D eigenvalue weighted by Crippen LogP contribution is -2.44. The van der Waals surface area contributed by atoms with E-state index >= 15 is 0 Å². The summed E-state index contributed by atoms with van der Waals surface area (Å²) in [6.45, 7) is 5.24. The summed E-state index contributed by atoms with van der Waals surface area (Å²) in [7, 11) is 0. The van der Waals surface area contributed by atoms with Gasteiger partial charge in [0.25, 0.3) is 5.91 Å². The van der Waals surface area contributed by atoms with E-state index < -0.39 is 11.7 Å². The molecule has 1 rings (SSSR count). The van der Waals surface area contributed by atoms with Crippen molar-refractivity contribution in [2.45, 2.75) is 31.7 Å². The fraction of sp³-hybridized carbons (Fsp3) is 0.455. The van der Waals surface area contributed by atoms with Crippen molar-refractivity contribution in [2.75, 3.05) is 0 Å². The Morgan fingerprint density at radius 3 is 2.56 bits per heavy atom. The predicted octanol–water partition coefficient (Wildman–Crippen LogP) is 2.81. The van der Waals surface area contributed by atoms with Gasteiger partial charge in [0.15, 0.2) is 0 Å². The highest BCUT2D eigenvalue weighted by Gasteiger charge is 2.17. The molecule has 0 radical (unpaired) electrons. The zero-order valence-corrected chi connectivity index (χ0v) is 12.8. The summed E-state index contributed by atoms with van der Waals surface area (Å²) in [4.78, 5) is 24.0. The number of carbonyl (C=O) groups is 2. The topological polar surface area (TPSA) is 67.4 Å². The number of hydrogen-bond acceptors (Lipinski definition) is 4. The van der Waals surface area contributed by atoms with Gasteiger partial charge in [0.2, 0.25) is 0 Å². The van der Waals surface area contributed by atoms with E-state index in [-0.39, 0.29) is 5.91 Å². The van der Waals surface area contributed by atoms with E-state index in [4.69, 9.17) is 4.74 Å². The molecule has 0 aromatic carbocycles. The SMILES string of the molecule is CC(C)(C)OC(=O)NNC(=O)c1csc(CBr)c1. The fourth-order valence-corrected chi connectivity index (χ4v) is 2.32. The first-order chi connectivity index (χ1) is 8.31. The Morgan fingerprint density at radius 1 is 1.39 bits per heavy atom. The number of amides is 2. The molecule has 2 N–H and O–H groups in total. The number of alkyl halides is 1. The van der Waals surface area contributed by atoms with Crippen molar-refractivity contribution < 1.29 is 14.3 Å². The Hall–Kier alpha value is -1.08. The van der Waals surface area contributed by atoms with Crippen molar-refractivity contribution >= 4 is 39.3 Å². The van der Waals surface area contributed by atoms with Crippen molar-refractivity contribution in [1.29, 1.82) is 0 Å². The van der Waals surface area contributed by atoms with Crippen LogP contribution < -0.4 is 10.9 Å². The Kier molecular flexibility index (Phi) is 5.15. The van der Waals surface area contributed by atoms with E-state index in [1.807, 2.05) is 0 Å². The van der Waals surface area contributed by atoms with Crippen LogP contribution in [0.15, 0.2) is 11.4 Å². The van der Waals surface area contributed by atoms with Gasteiger partial charge < -0.3 is 4.74 Å². The largest absolute Gasteiger partial charge is 0.443 e. The molecule has 0 bridgehead atoms. The zero-order chi connectivity index (χ0) is 13.8. The number of hydrazine groups is 1. The van der Waals surface area contributed by atoms with Crippen molar-refractivity contribution in [3.8, 4) is 0 Å². The van der Waals surface area contributed by atoms with E-state index in [0.717, 1.165) is 4.88 Å². The Morgan fingerprint density at radius 2 is 2.06 bits per heavy atom. The summed E-state index contributed by atoms with van der Waals surface area (Å²) >= 11 is 4.77. The molecule has 0 aliphatic rings. The highest BCUT2D eigenvalue weighted by molar-refractivity contribution is 9.08. The summed E-state index contributed by atoms with van der Waals surface area (Å²) in [5.74, 6) is -0.371. The average molecular weight is 335 g/mol. The third-order valence-corrected chi connectivity index (χ3v) is 3.64. The number of nitrogens with one attached hydrogen (secondary N) is 2. The first-order valence-corrected chi connectivity index (χ1v) is 7.24. The lowest BCUT2D eigenvalue weighted by atomic mass is 10.2. The van der Waals surface area contributed by atoms with Gasteiger partial charge in [-0.15, -0.1) is 11.3 Å². The van der Waals surface area contributed by atoms with E-state index in [1.54, 1.807) is 32.2 Å². The molecule has 100 valence electrons. The number of halogens is 1. The van der Waals surface area contributed by atoms with E-state index in [0.29, 0.717) is 10.9 Å². The molecule has 0 aliphatic heterocycles. The molecular formula is C11H15BrN2O3S. The molecular weight excluding hydrogens is 320 g/mol. The van der Waals surface area contributed by atoms with Gasteiger partial charge in [-0.2, -0.15) is 0 Å². The normalized spacial score (nSPS) is 10.9. The van der Waals surface area contributed by atoms with E-state index in [2.05, 4.69) is 26.8 Å². The van der Waals surface area contributed by atoms with Crippen molar-refractivity contribution in [3.05, 3.63) is 21.9 Å². The van der Waals surface area contributed by atoms with Crippen LogP contribution >= 0.6 is 27.3 Å². The molecule has 0 aliphatic carbocycles. The highest BCUT2D eigenvalue weighted by atomic mass is 79.9. The average Bonchev–Trinajstić information content (AvgIpc) is 2.72. The first kappa shape index (κ1) is 15.0. The number of ether oxygens (including phenoxy) is 1. The molecule has 0 spiro atoms. The highest BCUT2D eigenvalue weighted by Crippen LogP contribution is 2.17. The van der Waals surface area contributed by atoms with Crippen LogP contribution in [0.4, 0.5) is 4.79 Å². The summed E-state index contributed by atoms with van der Waals surface area (Å²) < 4.78 is 4.98. The third-order valence-electron chi connectivity index (χ3n) is 1.72. The number of thiophene rings is 1. The maximum Gasteiger partial charge on any atom is 0.426 e. The van der Waals surface area contributed by atoms with Gasteiger partial charge in [-0.1, -0.05) is 15.9 Å². The molecule has 2 amide bonds. The minimum Gasteiger partial charge on any atom is -0.443 e. The van der Waals surface area contributed by atoms with Gasteiger partial charge in [-0.25, -0.2) is 10.2 Å². The number of carbonyl (C=O) groups excluding carboxylic acids is 2. The lowest BCUT2D eigenvalue weighted by molar-refractivity contribution is 0.0483. The number of hydrogen-bond donors (Lipinski definition) is 2. The predicted molar refractivity (Wildman–Crippen MR) is 73.8 cm³/mol. The van der Waals surface area contributed by atoms with Crippen LogP contribution in [0.1, 0.15) is 36.0 Å². The van der Waals surface area contributed by atoms with Crippen LogP contribution in [-0.4, -0.2) is 17.6 Å². The van der Waals surface area contributed by atoms with Crippen molar-refractivity contribution in [1.82, 2.24) is 10.9 Å². The minimum absolute atomic E-state index is 0.371. The molecule has 0 saturated carbocycles.